The number of rotatable bonds is 9. The summed E-state index contributed by atoms with van der Waals surface area (Å²) in [4.78, 5) is 23.9. The molecule has 8 heteroatoms. The van der Waals surface area contributed by atoms with Crippen LogP contribution in [0, 0.1) is 0 Å². The number of aromatic nitrogens is 2. The van der Waals surface area contributed by atoms with Gasteiger partial charge in [0.1, 0.15) is 18.1 Å². The number of primary amides is 1. The number of nitrogens with two attached hydrogens (primary N) is 1. The van der Waals surface area contributed by atoms with E-state index in [1.807, 2.05) is 31.2 Å². The van der Waals surface area contributed by atoms with Gasteiger partial charge in [-0.25, -0.2) is 0 Å². The number of anilines is 1. The lowest BCUT2D eigenvalue weighted by atomic mass is 10.1. The Morgan fingerprint density at radius 3 is 2.59 bits per heavy atom. The van der Waals surface area contributed by atoms with Crippen LogP contribution in [0.4, 0.5) is 5.69 Å². The van der Waals surface area contributed by atoms with Crippen LogP contribution in [-0.2, 0) is 19.6 Å². The van der Waals surface area contributed by atoms with Crippen molar-refractivity contribution in [2.75, 3.05) is 5.32 Å². The maximum Gasteiger partial charge on any atom is 0.291 e. The van der Waals surface area contributed by atoms with Crippen LogP contribution >= 0.6 is 0 Å². The van der Waals surface area contributed by atoms with Crippen LogP contribution in [-0.4, -0.2) is 21.6 Å². The van der Waals surface area contributed by atoms with Crippen molar-refractivity contribution in [3.63, 3.8) is 0 Å². The molecule has 0 atom stereocenters. The van der Waals surface area contributed by atoms with Crippen LogP contribution in [0.2, 0.25) is 0 Å². The van der Waals surface area contributed by atoms with Gasteiger partial charge in [-0.05, 0) is 43.2 Å². The summed E-state index contributed by atoms with van der Waals surface area (Å²) in [6, 6.07) is 11.1. The first-order chi connectivity index (χ1) is 14.0. The van der Waals surface area contributed by atoms with E-state index in [4.69, 9.17) is 14.9 Å². The van der Waals surface area contributed by atoms with Crippen LogP contribution in [0.15, 0.2) is 47.0 Å². The minimum Gasteiger partial charge on any atom is -0.486 e. The fraction of sp³-hybridized carbons (Fsp3) is 0.286. The fourth-order valence-electron chi connectivity index (χ4n) is 2.81. The average molecular weight is 396 g/mol. The van der Waals surface area contributed by atoms with Gasteiger partial charge in [0.05, 0.1) is 5.69 Å². The monoisotopic (exact) mass is 396 g/mol. The van der Waals surface area contributed by atoms with E-state index >= 15 is 0 Å². The van der Waals surface area contributed by atoms with E-state index in [0.717, 1.165) is 18.6 Å². The minimum absolute atomic E-state index is 0.00170. The number of benzene rings is 1. The molecule has 1 aromatic carbocycles. The smallest absolute Gasteiger partial charge is 0.291 e. The van der Waals surface area contributed by atoms with Gasteiger partial charge in [0, 0.05) is 12.7 Å². The van der Waals surface area contributed by atoms with Crippen LogP contribution in [0.3, 0.4) is 0 Å². The first-order valence-electron chi connectivity index (χ1n) is 9.49. The second-order valence-corrected chi connectivity index (χ2v) is 6.51. The molecule has 152 valence electrons. The Hall–Kier alpha value is -3.55. The third-order valence-corrected chi connectivity index (χ3v) is 4.30. The van der Waals surface area contributed by atoms with Gasteiger partial charge < -0.3 is 20.2 Å². The van der Waals surface area contributed by atoms with E-state index in [1.165, 1.54) is 10.2 Å². The number of ether oxygens (including phenoxy) is 1. The minimum atomic E-state index is -0.717. The molecule has 3 rings (SSSR count). The molecule has 29 heavy (non-hydrogen) atoms. The predicted octanol–water partition coefficient (Wildman–Crippen LogP) is 3.38. The van der Waals surface area contributed by atoms with Crippen molar-refractivity contribution in [1.29, 1.82) is 0 Å². The van der Waals surface area contributed by atoms with E-state index in [9.17, 15) is 9.59 Å². The van der Waals surface area contributed by atoms with Crippen molar-refractivity contribution in [3.05, 3.63) is 65.4 Å². The van der Waals surface area contributed by atoms with Gasteiger partial charge in [0.15, 0.2) is 11.5 Å². The van der Waals surface area contributed by atoms with Gasteiger partial charge in [-0.3, -0.25) is 14.3 Å². The maximum atomic E-state index is 12.4. The van der Waals surface area contributed by atoms with Gasteiger partial charge in [0.25, 0.3) is 11.8 Å². The molecule has 0 aliphatic rings. The van der Waals surface area contributed by atoms with Crippen LogP contribution in [0.25, 0.3) is 0 Å². The topological polar surface area (TPSA) is 112 Å². The lowest BCUT2D eigenvalue weighted by Crippen LogP contribution is -2.17. The second-order valence-electron chi connectivity index (χ2n) is 6.51. The van der Waals surface area contributed by atoms with Crippen LogP contribution < -0.4 is 15.8 Å². The van der Waals surface area contributed by atoms with Crippen molar-refractivity contribution in [1.82, 2.24) is 9.78 Å². The molecule has 2 amide bonds. The van der Waals surface area contributed by atoms with E-state index < -0.39 is 11.8 Å². The molecule has 0 aliphatic heterocycles. The van der Waals surface area contributed by atoms with Crippen molar-refractivity contribution < 1.29 is 18.7 Å². The third-order valence-electron chi connectivity index (χ3n) is 4.30. The highest BCUT2D eigenvalue weighted by Gasteiger charge is 2.19. The summed E-state index contributed by atoms with van der Waals surface area (Å²) in [5, 5.41) is 6.65. The number of nitrogens with zero attached hydrogens (tertiary/aromatic N) is 2. The summed E-state index contributed by atoms with van der Waals surface area (Å²) in [5.74, 6) is 0.114. The van der Waals surface area contributed by atoms with Gasteiger partial charge in [-0.1, -0.05) is 25.5 Å². The molecule has 0 fully saturated rings. The molecule has 0 unspecified atom stereocenters. The standard InChI is InChI=1S/C21H24N4O4/c1-3-5-14-6-8-15(9-7-14)28-13-16-10-11-18(29-16)21(27)23-17-12-25(4-2)24-19(17)20(22)26/h6-12H,3-5,13H2,1-2H3,(H2,22,26)(H,23,27). The summed E-state index contributed by atoms with van der Waals surface area (Å²) in [6.07, 6.45) is 3.68. The summed E-state index contributed by atoms with van der Waals surface area (Å²) in [6.45, 7) is 4.73. The number of hydrogen-bond donors (Lipinski definition) is 2. The van der Waals surface area contributed by atoms with E-state index in [2.05, 4.69) is 17.3 Å². The SMILES string of the molecule is CCCc1ccc(OCc2ccc(C(=O)Nc3cn(CC)nc3C(N)=O)o2)cc1. The van der Waals surface area contributed by atoms with Crippen molar-refractivity contribution in [2.24, 2.45) is 5.73 Å². The molecule has 0 aliphatic carbocycles. The molecule has 0 saturated heterocycles. The Morgan fingerprint density at radius 2 is 1.93 bits per heavy atom. The molecule has 0 radical (unpaired) electrons. The largest absolute Gasteiger partial charge is 0.486 e. The molecule has 0 saturated carbocycles. The zero-order valence-electron chi connectivity index (χ0n) is 16.5. The highest BCUT2D eigenvalue weighted by Crippen LogP contribution is 2.18. The Balaban J connectivity index is 1.61. The molecule has 2 heterocycles. The average Bonchev–Trinajstić information content (AvgIpc) is 3.35. The lowest BCUT2D eigenvalue weighted by molar-refractivity contribution is 0.0992. The number of aryl methyl sites for hydroxylation is 2. The molecule has 0 spiro atoms. The normalized spacial score (nSPS) is 10.7. The predicted molar refractivity (Wildman–Crippen MR) is 108 cm³/mol. The number of carbonyl (C=O) groups is 2. The van der Waals surface area contributed by atoms with Gasteiger partial charge in [-0.15, -0.1) is 0 Å². The summed E-state index contributed by atoms with van der Waals surface area (Å²) < 4.78 is 12.8. The number of amides is 2. The molecule has 2 aromatic heterocycles. The Bertz CT molecular complexity index is 989. The van der Waals surface area contributed by atoms with Crippen LogP contribution in [0.1, 0.15) is 52.6 Å². The summed E-state index contributed by atoms with van der Waals surface area (Å²) >= 11 is 0. The Kier molecular flexibility index (Phi) is 6.33. The molecular formula is C21H24N4O4. The van der Waals surface area contributed by atoms with Crippen molar-refractivity contribution >= 4 is 17.5 Å². The Morgan fingerprint density at radius 1 is 1.17 bits per heavy atom. The zero-order chi connectivity index (χ0) is 20.8. The maximum absolute atomic E-state index is 12.4. The van der Waals surface area contributed by atoms with E-state index in [0.29, 0.717) is 12.3 Å². The van der Waals surface area contributed by atoms with E-state index in [1.54, 1.807) is 18.3 Å². The molecule has 3 N–H and O–H groups in total. The first kappa shape index (κ1) is 20.2. The van der Waals surface area contributed by atoms with E-state index in [-0.39, 0.29) is 23.7 Å². The molecular weight excluding hydrogens is 372 g/mol. The highest BCUT2D eigenvalue weighted by atomic mass is 16.5. The lowest BCUT2D eigenvalue weighted by Gasteiger charge is -2.05. The van der Waals surface area contributed by atoms with Gasteiger partial charge in [0.2, 0.25) is 0 Å². The molecule has 0 bridgehead atoms. The summed E-state index contributed by atoms with van der Waals surface area (Å²) in [5.41, 5.74) is 6.82. The first-order valence-corrected chi connectivity index (χ1v) is 9.49. The molecule has 8 nitrogen and oxygen atoms in total. The third kappa shape index (κ3) is 5.04. The quantitative estimate of drug-likeness (QED) is 0.576. The second kappa shape index (κ2) is 9.09. The van der Waals surface area contributed by atoms with Gasteiger partial charge in [-0.2, -0.15) is 5.10 Å². The Labute approximate surface area is 168 Å². The number of hydrogen-bond acceptors (Lipinski definition) is 5. The zero-order valence-corrected chi connectivity index (χ0v) is 16.5. The number of carbonyl (C=O) groups excluding carboxylic acids is 2. The molecule has 3 aromatic rings. The van der Waals surface area contributed by atoms with Gasteiger partial charge >= 0.3 is 0 Å². The fourth-order valence-corrected chi connectivity index (χ4v) is 2.81. The van der Waals surface area contributed by atoms with Crippen molar-refractivity contribution in [2.45, 2.75) is 39.8 Å². The summed E-state index contributed by atoms with van der Waals surface area (Å²) in [7, 11) is 0. The van der Waals surface area contributed by atoms with Crippen molar-refractivity contribution in [3.8, 4) is 5.75 Å². The van der Waals surface area contributed by atoms with Crippen LogP contribution in [0.5, 0.6) is 5.75 Å². The number of furan rings is 1. The highest BCUT2D eigenvalue weighted by molar-refractivity contribution is 6.06. The number of nitrogens with one attached hydrogen (secondary N) is 1.